The lowest BCUT2D eigenvalue weighted by Crippen LogP contribution is -2.41. The zero-order chi connectivity index (χ0) is 23.0. The fourth-order valence-electron chi connectivity index (χ4n) is 3.44. The quantitative estimate of drug-likeness (QED) is 0.540. The fourth-order valence-corrected chi connectivity index (χ4v) is 4.91. The third kappa shape index (κ3) is 5.96. The van der Waals surface area contributed by atoms with Crippen LogP contribution in [-0.4, -0.2) is 63.6 Å². The molecule has 2 heterocycles. The fraction of sp³-hybridized carbons (Fsp3) is 0.455. The van der Waals surface area contributed by atoms with Crippen molar-refractivity contribution in [1.29, 1.82) is 0 Å². The van der Waals surface area contributed by atoms with E-state index < -0.39 is 10.0 Å². The molecule has 9 nitrogen and oxygen atoms in total. The van der Waals surface area contributed by atoms with E-state index in [9.17, 15) is 13.2 Å². The Labute approximate surface area is 188 Å². The highest BCUT2D eigenvalue weighted by atomic mass is 32.2. The second-order valence-corrected chi connectivity index (χ2v) is 9.21. The number of ether oxygens (including phenoxy) is 3. The Morgan fingerprint density at radius 1 is 1.12 bits per heavy atom. The van der Waals surface area contributed by atoms with E-state index in [1.165, 1.54) is 4.31 Å². The molecule has 0 unspecified atom stereocenters. The number of anilines is 1. The summed E-state index contributed by atoms with van der Waals surface area (Å²) in [5, 5.41) is 2.86. The molecule has 32 heavy (non-hydrogen) atoms. The molecule has 1 aliphatic rings. The van der Waals surface area contributed by atoms with Crippen LogP contribution in [0.5, 0.6) is 11.6 Å². The Morgan fingerprint density at radius 2 is 1.84 bits per heavy atom. The largest absolute Gasteiger partial charge is 0.494 e. The van der Waals surface area contributed by atoms with Crippen molar-refractivity contribution in [2.45, 2.75) is 24.7 Å². The van der Waals surface area contributed by atoms with Gasteiger partial charge in [0.2, 0.25) is 21.8 Å². The van der Waals surface area contributed by atoms with Gasteiger partial charge in [0.1, 0.15) is 18.0 Å². The van der Waals surface area contributed by atoms with E-state index in [0.29, 0.717) is 50.0 Å². The number of hydrogen-bond acceptors (Lipinski definition) is 7. The summed E-state index contributed by atoms with van der Waals surface area (Å²) in [6.07, 6.45) is 2.45. The Hall–Kier alpha value is -2.69. The lowest BCUT2D eigenvalue weighted by atomic mass is 9.97. The number of carbonyl (C=O) groups excluding carboxylic acids is 1. The number of aromatic nitrogens is 1. The molecular weight excluding hydrogens is 434 g/mol. The molecule has 0 radical (unpaired) electrons. The molecule has 1 N–H and O–H groups in total. The molecule has 1 aromatic heterocycles. The van der Waals surface area contributed by atoms with Gasteiger partial charge in [0, 0.05) is 32.3 Å². The summed E-state index contributed by atoms with van der Waals surface area (Å²) < 4.78 is 43.2. The third-order valence-corrected chi connectivity index (χ3v) is 7.07. The highest BCUT2D eigenvalue weighted by molar-refractivity contribution is 7.89. The molecule has 3 rings (SSSR count). The highest BCUT2D eigenvalue weighted by Crippen LogP contribution is 2.27. The van der Waals surface area contributed by atoms with Gasteiger partial charge in [-0.05, 0) is 56.2 Å². The van der Waals surface area contributed by atoms with E-state index in [1.807, 2.05) is 6.92 Å². The molecule has 1 fully saturated rings. The SMILES string of the molecule is CCOc1ccc(S(=O)(=O)N2CCC(C(=O)Nc3cccnc3OCCOC)CC2)cc1. The Bertz CT molecular complexity index is 989. The zero-order valence-corrected chi connectivity index (χ0v) is 19.1. The first-order chi connectivity index (χ1) is 15.5. The number of benzene rings is 1. The molecule has 0 atom stereocenters. The predicted molar refractivity (Wildman–Crippen MR) is 119 cm³/mol. The molecule has 1 saturated heterocycles. The molecule has 1 aliphatic heterocycles. The molecule has 1 aromatic carbocycles. The van der Waals surface area contributed by atoms with Gasteiger partial charge >= 0.3 is 0 Å². The van der Waals surface area contributed by atoms with Gasteiger partial charge in [0.25, 0.3) is 0 Å². The van der Waals surface area contributed by atoms with Crippen molar-refractivity contribution < 1.29 is 27.4 Å². The highest BCUT2D eigenvalue weighted by Gasteiger charge is 2.32. The third-order valence-electron chi connectivity index (χ3n) is 5.15. The van der Waals surface area contributed by atoms with Crippen molar-refractivity contribution in [3.05, 3.63) is 42.6 Å². The number of methoxy groups -OCH3 is 1. The first-order valence-corrected chi connectivity index (χ1v) is 12.0. The van der Waals surface area contributed by atoms with Crippen molar-refractivity contribution >= 4 is 21.6 Å². The summed E-state index contributed by atoms with van der Waals surface area (Å²) >= 11 is 0. The molecule has 1 amide bonds. The van der Waals surface area contributed by atoms with Crippen molar-refractivity contribution in [2.75, 3.05) is 45.3 Å². The minimum Gasteiger partial charge on any atom is -0.494 e. The van der Waals surface area contributed by atoms with Crippen LogP contribution in [0.3, 0.4) is 0 Å². The zero-order valence-electron chi connectivity index (χ0n) is 18.3. The smallest absolute Gasteiger partial charge is 0.243 e. The number of sulfonamides is 1. The van der Waals surface area contributed by atoms with Crippen LogP contribution < -0.4 is 14.8 Å². The van der Waals surface area contributed by atoms with E-state index >= 15 is 0 Å². The normalized spacial score (nSPS) is 15.3. The number of amides is 1. The van der Waals surface area contributed by atoms with Gasteiger partial charge < -0.3 is 19.5 Å². The van der Waals surface area contributed by atoms with E-state index in [1.54, 1.807) is 49.7 Å². The average molecular weight is 464 g/mol. The number of hydrogen-bond donors (Lipinski definition) is 1. The maximum Gasteiger partial charge on any atom is 0.243 e. The summed E-state index contributed by atoms with van der Waals surface area (Å²) in [6, 6.07) is 9.83. The lowest BCUT2D eigenvalue weighted by Gasteiger charge is -2.30. The van der Waals surface area contributed by atoms with Crippen LogP contribution in [0.2, 0.25) is 0 Å². The first-order valence-electron chi connectivity index (χ1n) is 10.6. The summed E-state index contributed by atoms with van der Waals surface area (Å²) in [5.74, 6) is 0.484. The maximum absolute atomic E-state index is 12.9. The Morgan fingerprint density at radius 3 is 2.50 bits per heavy atom. The second-order valence-electron chi connectivity index (χ2n) is 7.27. The Kier molecular flexibility index (Phi) is 8.43. The van der Waals surface area contributed by atoms with Gasteiger partial charge in [0.15, 0.2) is 0 Å². The number of piperidine rings is 1. The number of nitrogens with zero attached hydrogens (tertiary/aromatic N) is 2. The van der Waals surface area contributed by atoms with E-state index in [4.69, 9.17) is 14.2 Å². The number of nitrogens with one attached hydrogen (secondary N) is 1. The number of rotatable bonds is 10. The Balaban J connectivity index is 1.58. The van der Waals surface area contributed by atoms with Crippen LogP contribution in [0.1, 0.15) is 19.8 Å². The van der Waals surface area contributed by atoms with E-state index in [2.05, 4.69) is 10.3 Å². The van der Waals surface area contributed by atoms with Crippen LogP contribution in [0, 0.1) is 5.92 Å². The summed E-state index contributed by atoms with van der Waals surface area (Å²) in [5.41, 5.74) is 0.484. The molecule has 0 saturated carbocycles. The van der Waals surface area contributed by atoms with Gasteiger partial charge in [-0.3, -0.25) is 4.79 Å². The molecule has 0 spiro atoms. The topological polar surface area (TPSA) is 107 Å². The van der Waals surface area contributed by atoms with Crippen molar-refractivity contribution in [3.63, 3.8) is 0 Å². The summed E-state index contributed by atoms with van der Waals surface area (Å²) in [4.78, 5) is 17.1. The monoisotopic (exact) mass is 463 g/mol. The lowest BCUT2D eigenvalue weighted by molar-refractivity contribution is -0.120. The summed E-state index contributed by atoms with van der Waals surface area (Å²) in [7, 11) is -2.04. The van der Waals surface area contributed by atoms with Gasteiger partial charge in [-0.1, -0.05) is 0 Å². The molecule has 2 aromatic rings. The summed E-state index contributed by atoms with van der Waals surface area (Å²) in [6.45, 7) is 3.66. The van der Waals surface area contributed by atoms with Crippen molar-refractivity contribution in [3.8, 4) is 11.6 Å². The van der Waals surface area contributed by atoms with Gasteiger partial charge in [0.05, 0.1) is 18.1 Å². The van der Waals surface area contributed by atoms with Crippen molar-refractivity contribution in [1.82, 2.24) is 9.29 Å². The van der Waals surface area contributed by atoms with Crippen molar-refractivity contribution in [2.24, 2.45) is 5.92 Å². The molecule has 0 aliphatic carbocycles. The van der Waals surface area contributed by atoms with Crippen LogP contribution in [0.15, 0.2) is 47.5 Å². The minimum absolute atomic E-state index is 0.173. The van der Waals surface area contributed by atoms with Crippen LogP contribution in [0.25, 0.3) is 0 Å². The second kappa shape index (κ2) is 11.3. The van der Waals surface area contributed by atoms with Gasteiger partial charge in [-0.25, -0.2) is 13.4 Å². The van der Waals surface area contributed by atoms with E-state index in [-0.39, 0.29) is 29.8 Å². The number of pyridine rings is 1. The standard InChI is InChI=1S/C22H29N3O6S/c1-3-30-18-6-8-19(9-7-18)32(27,28)25-13-10-17(11-14-25)21(26)24-20-5-4-12-23-22(20)31-16-15-29-2/h4-9,12,17H,3,10-11,13-16H2,1-2H3,(H,24,26). The van der Waals surface area contributed by atoms with Crippen LogP contribution in [-0.2, 0) is 19.6 Å². The number of carbonyl (C=O) groups is 1. The van der Waals surface area contributed by atoms with Crippen LogP contribution >= 0.6 is 0 Å². The van der Waals surface area contributed by atoms with Gasteiger partial charge in [-0.2, -0.15) is 4.31 Å². The predicted octanol–water partition coefficient (Wildman–Crippen LogP) is 2.54. The van der Waals surface area contributed by atoms with Crippen LogP contribution in [0.4, 0.5) is 5.69 Å². The molecule has 10 heteroatoms. The molecular formula is C22H29N3O6S. The average Bonchev–Trinajstić information content (AvgIpc) is 2.81. The molecule has 0 bridgehead atoms. The maximum atomic E-state index is 12.9. The van der Waals surface area contributed by atoms with E-state index in [0.717, 1.165) is 0 Å². The molecule has 174 valence electrons. The van der Waals surface area contributed by atoms with Gasteiger partial charge in [-0.15, -0.1) is 0 Å². The first kappa shape index (κ1) is 24.0. The minimum atomic E-state index is -3.62.